The van der Waals surface area contributed by atoms with Gasteiger partial charge in [-0.15, -0.1) is 12.4 Å². The molecule has 0 aliphatic carbocycles. The minimum atomic E-state index is -2.25. The molecule has 0 saturated heterocycles. The number of carbonyl (C=O) groups is 1. The number of anilines is 2. The van der Waals surface area contributed by atoms with E-state index in [-0.39, 0.29) is 35.8 Å². The molecular weight excluding hydrogens is 582 g/mol. The molecule has 1 aliphatic rings. The fourth-order valence-corrected chi connectivity index (χ4v) is 4.80. The molecule has 4 aromatic rings. The summed E-state index contributed by atoms with van der Waals surface area (Å²) in [6.07, 6.45) is 1.66. The first-order chi connectivity index (χ1) is 20.8. The quantitative estimate of drug-likeness (QED) is 0.249. The van der Waals surface area contributed by atoms with Crippen LogP contribution in [-0.4, -0.2) is 46.4 Å². The Morgan fingerprint density at radius 1 is 0.932 bits per heavy atom. The van der Waals surface area contributed by atoms with Gasteiger partial charge in [-0.25, -0.2) is 9.78 Å². The van der Waals surface area contributed by atoms with Crippen LogP contribution in [0.4, 0.5) is 11.8 Å². The maximum Gasteiger partial charge on any atom is 0.333 e. The molecule has 2 heterocycles. The second-order valence-electron chi connectivity index (χ2n) is 9.54. The van der Waals surface area contributed by atoms with Gasteiger partial charge in [-0.05, 0) is 35.9 Å². The Bertz CT molecular complexity index is 1990. The van der Waals surface area contributed by atoms with Gasteiger partial charge in [0.2, 0.25) is 11.4 Å². The van der Waals surface area contributed by atoms with Crippen molar-refractivity contribution < 1.29 is 24.5 Å². The number of para-hydroxylation sites is 2. The molecule has 0 fully saturated rings. The minimum Gasteiger partial charge on any atom is -0.509 e. The van der Waals surface area contributed by atoms with E-state index < -0.39 is 23.2 Å². The predicted molar refractivity (Wildman–Crippen MR) is 168 cm³/mol. The third-order valence-electron chi connectivity index (χ3n) is 7.00. The number of hydrogen-bond donors (Lipinski definition) is 4. The van der Waals surface area contributed by atoms with Gasteiger partial charge in [0.05, 0.1) is 30.7 Å². The Hall–Kier alpha value is -5.71. The molecule has 0 radical (unpaired) electrons. The summed E-state index contributed by atoms with van der Waals surface area (Å²) in [6.45, 7) is 0. The highest BCUT2D eigenvalue weighted by molar-refractivity contribution is 5.92. The lowest BCUT2D eigenvalue weighted by Gasteiger charge is -2.30. The van der Waals surface area contributed by atoms with Crippen LogP contribution >= 0.6 is 12.4 Å². The number of carboxylic acid groups (broad SMARTS) is 1. The van der Waals surface area contributed by atoms with Gasteiger partial charge < -0.3 is 31.2 Å². The Labute approximate surface area is 259 Å². The summed E-state index contributed by atoms with van der Waals surface area (Å²) in [5.41, 5.74) is 11.5. The zero-order valence-corrected chi connectivity index (χ0v) is 24.6. The molecular formula is C33H28ClN5O5. The van der Waals surface area contributed by atoms with Gasteiger partial charge in [-0.3, -0.25) is 4.99 Å². The molecule has 3 aromatic carbocycles. The van der Waals surface area contributed by atoms with Crippen molar-refractivity contribution >= 4 is 35.9 Å². The van der Waals surface area contributed by atoms with Crippen LogP contribution in [0.1, 0.15) is 22.3 Å². The maximum absolute atomic E-state index is 13.3. The standard InChI is InChI=1S/C33H27N5O5.ClH/c1-42-25-12-5-3-8-20(25)14-15-27-33(31(40)41,17-16-21-9-4-6-13-26(21)43-2)29(39)28-22(10-7-11-24(28)37-27)18-23-19-36-32(35)38-30(23)34;/h3-13,19,27,39H,18H2,1-2H3,(H,40,41)(H4,34,35,36,38);1H. The fourth-order valence-electron chi connectivity index (χ4n) is 4.80. The van der Waals surface area contributed by atoms with E-state index >= 15 is 0 Å². The van der Waals surface area contributed by atoms with Gasteiger partial charge in [0.1, 0.15) is 29.1 Å². The molecule has 2 unspecified atom stereocenters. The molecule has 0 spiro atoms. The molecule has 1 aliphatic heterocycles. The Balaban J connectivity index is 0.00000442. The number of rotatable bonds is 5. The van der Waals surface area contributed by atoms with E-state index in [2.05, 4.69) is 33.6 Å². The fraction of sp³-hybridized carbons (Fsp3) is 0.152. The van der Waals surface area contributed by atoms with Gasteiger partial charge in [0, 0.05) is 23.4 Å². The van der Waals surface area contributed by atoms with Crippen LogP contribution in [0.3, 0.4) is 0 Å². The van der Waals surface area contributed by atoms with Crippen LogP contribution in [0.25, 0.3) is 5.76 Å². The molecule has 11 heteroatoms. The lowest BCUT2D eigenvalue weighted by atomic mass is 9.76. The number of nitrogens with zero attached hydrogens (tertiary/aromatic N) is 3. The molecule has 1 aromatic heterocycles. The molecule has 44 heavy (non-hydrogen) atoms. The largest absolute Gasteiger partial charge is 0.509 e. The summed E-state index contributed by atoms with van der Waals surface area (Å²) in [4.78, 5) is 26.0. The third kappa shape index (κ3) is 5.80. The lowest BCUT2D eigenvalue weighted by Crippen LogP contribution is -2.51. The molecule has 2 atom stereocenters. The Morgan fingerprint density at radius 2 is 1.57 bits per heavy atom. The van der Waals surface area contributed by atoms with Crippen molar-refractivity contribution in [2.75, 3.05) is 25.7 Å². The summed E-state index contributed by atoms with van der Waals surface area (Å²) in [7, 11) is 3.01. The van der Waals surface area contributed by atoms with Crippen LogP contribution in [-0.2, 0) is 11.2 Å². The monoisotopic (exact) mass is 609 g/mol. The van der Waals surface area contributed by atoms with Crippen LogP contribution in [0.5, 0.6) is 11.5 Å². The van der Waals surface area contributed by atoms with Crippen molar-refractivity contribution in [2.24, 2.45) is 10.4 Å². The van der Waals surface area contributed by atoms with Gasteiger partial charge in [0.25, 0.3) is 0 Å². The lowest BCUT2D eigenvalue weighted by molar-refractivity contribution is -0.143. The highest BCUT2D eigenvalue weighted by Gasteiger charge is 2.51. The molecule has 10 nitrogen and oxygen atoms in total. The summed E-state index contributed by atoms with van der Waals surface area (Å²) in [5, 5.41) is 23.3. The van der Waals surface area contributed by atoms with E-state index in [0.717, 1.165) is 0 Å². The first kappa shape index (κ1) is 31.2. The average molecular weight is 610 g/mol. The first-order valence-electron chi connectivity index (χ1n) is 13.1. The van der Waals surface area contributed by atoms with Crippen LogP contribution in [0.2, 0.25) is 0 Å². The predicted octanol–water partition coefficient (Wildman–Crippen LogP) is 2.51. The number of fused-ring (bicyclic) bond motifs is 1. The summed E-state index contributed by atoms with van der Waals surface area (Å²) in [5.74, 6) is 10.9. The minimum absolute atomic E-state index is 0. The Morgan fingerprint density at radius 3 is 2.18 bits per heavy atom. The van der Waals surface area contributed by atoms with E-state index in [0.29, 0.717) is 39.1 Å². The molecule has 0 bridgehead atoms. The number of aliphatic hydroxyl groups is 1. The SMILES string of the molecule is COc1ccccc1C#CC1N=c2cccc(Cc3cnc(N)nc3N)c2=C(O)C1(C#Cc1ccccc1OC)C(=O)O.Cl. The number of ether oxygens (including phenoxy) is 2. The van der Waals surface area contributed by atoms with E-state index in [9.17, 15) is 15.0 Å². The van der Waals surface area contributed by atoms with Crippen molar-refractivity contribution in [3.63, 3.8) is 0 Å². The van der Waals surface area contributed by atoms with Gasteiger partial charge in [-0.1, -0.05) is 60.1 Å². The topological polar surface area (TPSA) is 166 Å². The van der Waals surface area contributed by atoms with Crippen molar-refractivity contribution in [1.82, 2.24) is 9.97 Å². The first-order valence-corrected chi connectivity index (χ1v) is 13.1. The molecule has 6 N–H and O–H groups in total. The zero-order chi connectivity index (χ0) is 30.6. The smallest absolute Gasteiger partial charge is 0.333 e. The number of nitrogen functional groups attached to an aromatic ring is 2. The highest BCUT2D eigenvalue weighted by atomic mass is 35.5. The van der Waals surface area contributed by atoms with E-state index in [1.165, 1.54) is 20.4 Å². The van der Waals surface area contributed by atoms with Crippen molar-refractivity contribution in [3.05, 3.63) is 106 Å². The van der Waals surface area contributed by atoms with Crippen LogP contribution in [0, 0.1) is 29.1 Å². The second-order valence-corrected chi connectivity index (χ2v) is 9.54. The highest BCUT2D eigenvalue weighted by Crippen LogP contribution is 2.35. The van der Waals surface area contributed by atoms with Gasteiger partial charge >= 0.3 is 5.97 Å². The maximum atomic E-state index is 13.3. The zero-order valence-electron chi connectivity index (χ0n) is 23.7. The number of methoxy groups -OCH3 is 2. The molecule has 5 rings (SSSR count). The van der Waals surface area contributed by atoms with Gasteiger partial charge in [0.15, 0.2) is 0 Å². The number of aliphatic carboxylic acids is 1. The third-order valence-corrected chi connectivity index (χ3v) is 7.00. The summed E-state index contributed by atoms with van der Waals surface area (Å²) >= 11 is 0. The van der Waals surface area contributed by atoms with E-state index in [1.807, 2.05) is 0 Å². The summed E-state index contributed by atoms with van der Waals surface area (Å²) < 4.78 is 10.8. The van der Waals surface area contributed by atoms with Crippen molar-refractivity contribution in [2.45, 2.75) is 12.5 Å². The molecule has 0 saturated carbocycles. The number of halogens is 1. The normalized spacial score (nSPS) is 16.4. The van der Waals surface area contributed by atoms with Gasteiger partial charge in [-0.2, -0.15) is 4.98 Å². The molecule has 0 amide bonds. The van der Waals surface area contributed by atoms with Crippen molar-refractivity contribution in [3.8, 4) is 35.2 Å². The molecule has 222 valence electrons. The summed E-state index contributed by atoms with van der Waals surface area (Å²) in [6, 6.07) is 17.8. The second kappa shape index (κ2) is 13.1. The van der Waals surface area contributed by atoms with E-state index in [4.69, 9.17) is 25.9 Å². The van der Waals surface area contributed by atoms with E-state index in [1.54, 1.807) is 66.7 Å². The van der Waals surface area contributed by atoms with Crippen molar-refractivity contribution in [1.29, 1.82) is 0 Å². The average Bonchev–Trinajstić information content (AvgIpc) is 3.01. The number of carboxylic acids is 1. The van der Waals surface area contributed by atoms with Crippen LogP contribution < -0.4 is 31.5 Å². The number of aromatic nitrogens is 2. The number of hydrogen-bond acceptors (Lipinski definition) is 9. The number of nitrogens with two attached hydrogens (primary N) is 2. The number of aliphatic hydroxyl groups excluding tert-OH is 1. The van der Waals surface area contributed by atoms with Crippen LogP contribution in [0.15, 0.2) is 77.9 Å². The Kier molecular flexibility index (Phi) is 9.28. The number of benzene rings is 3.